The summed E-state index contributed by atoms with van der Waals surface area (Å²) >= 11 is 0. The van der Waals surface area contributed by atoms with Gasteiger partial charge in [-0.1, -0.05) is 13.0 Å². The van der Waals surface area contributed by atoms with Crippen molar-refractivity contribution in [2.45, 2.75) is 52.2 Å². The second-order valence-electron chi connectivity index (χ2n) is 5.70. The maximum atomic E-state index is 14.2. The predicted molar refractivity (Wildman–Crippen MR) is 77.8 cm³/mol. The summed E-state index contributed by atoms with van der Waals surface area (Å²) in [5.74, 6) is -0.944. The van der Waals surface area contributed by atoms with Crippen molar-refractivity contribution in [3.63, 3.8) is 0 Å². The highest BCUT2D eigenvalue weighted by atomic mass is 19.1. The normalized spacial score (nSPS) is 13.6. The number of rotatable bonds is 7. The zero-order valence-electron chi connectivity index (χ0n) is 13.0. The summed E-state index contributed by atoms with van der Waals surface area (Å²) in [6, 6.07) is 2.46. The molecule has 4 heteroatoms. The van der Waals surface area contributed by atoms with Crippen LogP contribution in [-0.2, 0) is 4.74 Å². The third-order valence-corrected chi connectivity index (χ3v) is 3.71. The molecule has 0 aliphatic carbocycles. The van der Waals surface area contributed by atoms with E-state index in [0.29, 0.717) is 24.9 Å². The van der Waals surface area contributed by atoms with Crippen molar-refractivity contribution in [1.82, 2.24) is 5.32 Å². The van der Waals surface area contributed by atoms with Gasteiger partial charge in [-0.05, 0) is 51.8 Å². The Labute approximate surface area is 120 Å². The minimum atomic E-state index is -0.491. The van der Waals surface area contributed by atoms with Crippen molar-refractivity contribution >= 4 is 0 Å². The molecule has 0 radical (unpaired) electrons. The molecule has 1 aromatic rings. The Morgan fingerprint density at radius 1 is 1.30 bits per heavy atom. The zero-order chi connectivity index (χ0) is 15.3. The SMILES string of the molecule is CCNC(CCC(C)(C)OC)c1c(F)ccc(C)c1F. The molecule has 114 valence electrons. The predicted octanol–water partition coefficient (Wildman–Crippen LogP) is 4.13. The zero-order valence-corrected chi connectivity index (χ0v) is 13.0. The lowest BCUT2D eigenvalue weighted by atomic mass is 9.93. The van der Waals surface area contributed by atoms with Crippen LogP contribution in [0.4, 0.5) is 8.78 Å². The molecule has 0 amide bonds. The van der Waals surface area contributed by atoms with Gasteiger partial charge in [-0.15, -0.1) is 0 Å². The van der Waals surface area contributed by atoms with E-state index in [2.05, 4.69) is 5.32 Å². The second-order valence-corrected chi connectivity index (χ2v) is 5.70. The molecule has 20 heavy (non-hydrogen) atoms. The van der Waals surface area contributed by atoms with E-state index >= 15 is 0 Å². The van der Waals surface area contributed by atoms with Crippen LogP contribution in [0.15, 0.2) is 12.1 Å². The van der Waals surface area contributed by atoms with Crippen LogP contribution >= 0.6 is 0 Å². The molecular weight excluding hydrogens is 260 g/mol. The van der Waals surface area contributed by atoms with Gasteiger partial charge in [0.15, 0.2) is 0 Å². The number of hydrogen-bond acceptors (Lipinski definition) is 2. The molecule has 1 atom stereocenters. The highest BCUT2D eigenvalue weighted by molar-refractivity contribution is 5.29. The Morgan fingerprint density at radius 2 is 1.95 bits per heavy atom. The quantitative estimate of drug-likeness (QED) is 0.813. The van der Waals surface area contributed by atoms with Crippen LogP contribution in [0.5, 0.6) is 0 Å². The van der Waals surface area contributed by atoms with Crippen LogP contribution in [0.2, 0.25) is 0 Å². The lowest BCUT2D eigenvalue weighted by molar-refractivity contribution is 0.0115. The lowest BCUT2D eigenvalue weighted by Gasteiger charge is -2.27. The van der Waals surface area contributed by atoms with Gasteiger partial charge in [-0.25, -0.2) is 8.78 Å². The molecule has 0 saturated carbocycles. The molecule has 1 aromatic carbocycles. The Bertz CT molecular complexity index is 446. The van der Waals surface area contributed by atoms with Crippen LogP contribution in [0.1, 0.15) is 50.8 Å². The number of nitrogens with one attached hydrogen (secondary N) is 1. The number of hydrogen-bond donors (Lipinski definition) is 1. The lowest BCUT2D eigenvalue weighted by Crippen LogP contribution is -2.28. The van der Waals surface area contributed by atoms with Crippen molar-refractivity contribution in [2.24, 2.45) is 0 Å². The Balaban J connectivity index is 3.00. The van der Waals surface area contributed by atoms with Crippen LogP contribution in [0.3, 0.4) is 0 Å². The van der Waals surface area contributed by atoms with Gasteiger partial charge >= 0.3 is 0 Å². The molecule has 0 aliphatic rings. The summed E-state index contributed by atoms with van der Waals surface area (Å²) < 4.78 is 33.6. The molecule has 0 aliphatic heterocycles. The highest BCUT2D eigenvalue weighted by Gasteiger charge is 2.24. The van der Waals surface area contributed by atoms with Crippen molar-refractivity contribution < 1.29 is 13.5 Å². The number of aryl methyl sites for hydroxylation is 1. The maximum Gasteiger partial charge on any atom is 0.133 e. The van der Waals surface area contributed by atoms with Gasteiger partial charge in [0.25, 0.3) is 0 Å². The first-order valence-corrected chi connectivity index (χ1v) is 7.05. The fourth-order valence-corrected chi connectivity index (χ4v) is 2.19. The van der Waals surface area contributed by atoms with Crippen molar-refractivity contribution in [3.8, 4) is 0 Å². The van der Waals surface area contributed by atoms with Crippen LogP contribution in [0, 0.1) is 18.6 Å². The highest BCUT2D eigenvalue weighted by Crippen LogP contribution is 2.29. The van der Waals surface area contributed by atoms with Crippen LogP contribution in [0.25, 0.3) is 0 Å². The molecule has 0 fully saturated rings. The molecule has 0 saturated heterocycles. The first kappa shape index (κ1) is 17.1. The maximum absolute atomic E-state index is 14.2. The van der Waals surface area contributed by atoms with E-state index in [4.69, 9.17) is 4.74 Å². The van der Waals surface area contributed by atoms with E-state index in [-0.39, 0.29) is 17.2 Å². The van der Waals surface area contributed by atoms with Crippen molar-refractivity contribution in [3.05, 3.63) is 34.9 Å². The minimum Gasteiger partial charge on any atom is -0.379 e. The third kappa shape index (κ3) is 4.25. The van der Waals surface area contributed by atoms with E-state index in [0.717, 1.165) is 0 Å². The standard InChI is InChI=1S/C16H25F2NO/c1-6-19-13(9-10-16(3,4)20-5)14-12(17)8-7-11(2)15(14)18/h7-8,13,19H,6,9-10H2,1-5H3. The van der Waals surface area contributed by atoms with E-state index < -0.39 is 11.6 Å². The molecular formula is C16H25F2NO. The van der Waals surface area contributed by atoms with Gasteiger partial charge in [-0.2, -0.15) is 0 Å². The summed E-state index contributed by atoms with van der Waals surface area (Å²) in [6.07, 6.45) is 1.33. The molecule has 2 nitrogen and oxygen atoms in total. The number of halogens is 2. The van der Waals surface area contributed by atoms with E-state index in [9.17, 15) is 8.78 Å². The first-order valence-electron chi connectivity index (χ1n) is 7.05. The Hall–Kier alpha value is -1.00. The van der Waals surface area contributed by atoms with Gasteiger partial charge in [-0.3, -0.25) is 0 Å². The van der Waals surface area contributed by atoms with E-state index in [1.807, 2.05) is 20.8 Å². The van der Waals surface area contributed by atoms with Crippen molar-refractivity contribution in [1.29, 1.82) is 0 Å². The summed E-state index contributed by atoms with van der Waals surface area (Å²) in [6.45, 7) is 8.18. The Morgan fingerprint density at radius 3 is 2.50 bits per heavy atom. The summed E-state index contributed by atoms with van der Waals surface area (Å²) in [7, 11) is 1.65. The Kier molecular flexibility index (Phi) is 6.08. The second kappa shape index (κ2) is 7.14. The molecule has 1 N–H and O–H groups in total. The van der Waals surface area contributed by atoms with Gasteiger partial charge in [0, 0.05) is 18.7 Å². The van der Waals surface area contributed by atoms with Crippen LogP contribution < -0.4 is 5.32 Å². The van der Waals surface area contributed by atoms with E-state index in [1.165, 1.54) is 12.1 Å². The number of benzene rings is 1. The van der Waals surface area contributed by atoms with Gasteiger partial charge in [0.05, 0.1) is 5.60 Å². The molecule has 0 spiro atoms. The number of ether oxygens (including phenoxy) is 1. The fourth-order valence-electron chi connectivity index (χ4n) is 2.19. The monoisotopic (exact) mass is 285 g/mol. The van der Waals surface area contributed by atoms with E-state index in [1.54, 1.807) is 14.0 Å². The van der Waals surface area contributed by atoms with Gasteiger partial charge in [0.2, 0.25) is 0 Å². The minimum absolute atomic E-state index is 0.138. The van der Waals surface area contributed by atoms with Gasteiger partial charge in [0.1, 0.15) is 11.6 Å². The van der Waals surface area contributed by atoms with Crippen LogP contribution in [-0.4, -0.2) is 19.3 Å². The van der Waals surface area contributed by atoms with Crippen molar-refractivity contribution in [2.75, 3.05) is 13.7 Å². The third-order valence-electron chi connectivity index (χ3n) is 3.71. The fraction of sp³-hybridized carbons (Fsp3) is 0.625. The average molecular weight is 285 g/mol. The number of methoxy groups -OCH3 is 1. The van der Waals surface area contributed by atoms with Gasteiger partial charge < -0.3 is 10.1 Å². The molecule has 0 bridgehead atoms. The largest absolute Gasteiger partial charge is 0.379 e. The molecule has 0 aromatic heterocycles. The summed E-state index contributed by atoms with van der Waals surface area (Å²) in [4.78, 5) is 0. The summed E-state index contributed by atoms with van der Waals surface area (Å²) in [5.41, 5.74) is 0.304. The topological polar surface area (TPSA) is 21.3 Å². The summed E-state index contributed by atoms with van der Waals surface area (Å²) in [5, 5.41) is 3.17. The average Bonchev–Trinajstić information content (AvgIpc) is 2.41. The smallest absolute Gasteiger partial charge is 0.133 e. The molecule has 0 heterocycles. The molecule has 1 unspecified atom stereocenters. The molecule has 1 rings (SSSR count). The first-order chi connectivity index (χ1) is 9.32.